The molecule has 1 N–H and O–H groups in total. The third-order valence-electron chi connectivity index (χ3n) is 2.91. The van der Waals surface area contributed by atoms with E-state index >= 15 is 0 Å². The fourth-order valence-corrected chi connectivity index (χ4v) is 3.78. The van der Waals surface area contributed by atoms with E-state index in [-0.39, 0.29) is 0 Å². The summed E-state index contributed by atoms with van der Waals surface area (Å²) in [4.78, 5) is 0.450. The van der Waals surface area contributed by atoms with Crippen LogP contribution in [0.2, 0.25) is 0 Å². The van der Waals surface area contributed by atoms with E-state index in [0.29, 0.717) is 10.8 Å². The van der Waals surface area contributed by atoms with E-state index in [1.165, 1.54) is 0 Å². The second-order valence-corrected chi connectivity index (χ2v) is 7.82. The number of sulfonamides is 1. The lowest BCUT2D eigenvalue weighted by Crippen LogP contribution is -2.40. The molecule has 100 valence electrons. The third kappa shape index (κ3) is 3.12. The van der Waals surface area contributed by atoms with E-state index in [9.17, 15) is 8.42 Å². The molecule has 0 aliphatic heterocycles. The van der Waals surface area contributed by atoms with E-state index in [2.05, 4.69) is 4.72 Å². The topological polar surface area (TPSA) is 46.2 Å². The molecule has 0 heterocycles. The second kappa shape index (κ2) is 4.35. The van der Waals surface area contributed by atoms with Crippen molar-refractivity contribution in [1.82, 2.24) is 4.72 Å². The average molecular weight is 267 g/mol. The predicted molar refractivity (Wildman–Crippen MR) is 73.2 cm³/mol. The number of benzene rings is 1. The first-order valence-corrected chi connectivity index (χ1v) is 7.82. The minimum atomic E-state index is -3.42. The van der Waals surface area contributed by atoms with Gasteiger partial charge in [0.15, 0.2) is 0 Å². The van der Waals surface area contributed by atoms with Crippen LogP contribution in [0, 0.1) is 6.92 Å². The fourth-order valence-electron chi connectivity index (χ4n) is 2.08. The molecule has 0 saturated heterocycles. The van der Waals surface area contributed by atoms with Crippen LogP contribution in [0.5, 0.6) is 0 Å². The summed E-state index contributed by atoms with van der Waals surface area (Å²) in [5, 5.41) is 0. The van der Waals surface area contributed by atoms with E-state index in [1.807, 2.05) is 39.8 Å². The van der Waals surface area contributed by atoms with Crippen LogP contribution in [0.4, 0.5) is 0 Å². The van der Waals surface area contributed by atoms with Crippen LogP contribution in [0.3, 0.4) is 0 Å². The minimum absolute atomic E-state index is 0.427. The van der Waals surface area contributed by atoms with Gasteiger partial charge in [-0.05, 0) is 58.1 Å². The summed E-state index contributed by atoms with van der Waals surface area (Å²) in [5.74, 6) is 0.427. The molecule has 0 radical (unpaired) electrons. The van der Waals surface area contributed by atoms with Crippen molar-refractivity contribution in [1.29, 1.82) is 0 Å². The molecule has 0 unspecified atom stereocenters. The highest BCUT2D eigenvalue weighted by Crippen LogP contribution is 2.43. The van der Waals surface area contributed by atoms with Gasteiger partial charge in [-0.15, -0.1) is 0 Å². The van der Waals surface area contributed by atoms with Crippen molar-refractivity contribution in [3.63, 3.8) is 0 Å². The molecular weight excluding hydrogens is 246 g/mol. The van der Waals surface area contributed by atoms with Gasteiger partial charge in [0.1, 0.15) is 0 Å². The van der Waals surface area contributed by atoms with Crippen LogP contribution in [0.25, 0.3) is 0 Å². The smallest absolute Gasteiger partial charge is 0.207 e. The third-order valence-corrected chi connectivity index (χ3v) is 4.74. The van der Waals surface area contributed by atoms with Crippen LogP contribution < -0.4 is 4.72 Å². The Balaban J connectivity index is 2.44. The molecule has 2 rings (SSSR count). The summed E-state index contributed by atoms with van der Waals surface area (Å²) in [6.45, 7) is 7.57. The molecule has 1 fully saturated rings. The van der Waals surface area contributed by atoms with Gasteiger partial charge in [-0.3, -0.25) is 0 Å². The molecule has 1 aromatic rings. The van der Waals surface area contributed by atoms with Crippen molar-refractivity contribution in [2.75, 3.05) is 0 Å². The minimum Gasteiger partial charge on any atom is -0.207 e. The summed E-state index contributed by atoms with van der Waals surface area (Å²) in [5.41, 5.74) is 1.64. The molecule has 0 spiro atoms. The predicted octanol–water partition coefficient (Wildman–Crippen LogP) is 2.95. The Kier molecular flexibility index (Phi) is 3.28. The quantitative estimate of drug-likeness (QED) is 0.915. The van der Waals surface area contributed by atoms with Crippen molar-refractivity contribution in [3.05, 3.63) is 29.3 Å². The molecule has 0 aromatic heterocycles. The van der Waals surface area contributed by atoms with Gasteiger partial charge in [-0.1, -0.05) is 17.7 Å². The molecule has 0 bridgehead atoms. The lowest BCUT2D eigenvalue weighted by molar-refractivity contribution is 0.491. The summed E-state index contributed by atoms with van der Waals surface area (Å²) >= 11 is 0. The van der Waals surface area contributed by atoms with Crippen molar-refractivity contribution in [3.8, 4) is 0 Å². The Hall–Kier alpha value is -0.870. The van der Waals surface area contributed by atoms with Gasteiger partial charge in [0.2, 0.25) is 10.0 Å². The summed E-state index contributed by atoms with van der Waals surface area (Å²) in [7, 11) is -3.42. The largest absolute Gasteiger partial charge is 0.241 e. The Bertz CT molecular complexity index is 552. The Labute approximate surface area is 110 Å². The highest BCUT2D eigenvalue weighted by molar-refractivity contribution is 7.89. The number of rotatable bonds is 3. The van der Waals surface area contributed by atoms with E-state index in [0.717, 1.165) is 24.0 Å². The number of aryl methyl sites for hydroxylation is 1. The lowest BCUT2D eigenvalue weighted by Gasteiger charge is -2.21. The second-order valence-electron chi connectivity index (χ2n) is 6.17. The van der Waals surface area contributed by atoms with Gasteiger partial charge in [0.25, 0.3) is 0 Å². The van der Waals surface area contributed by atoms with Gasteiger partial charge in [0, 0.05) is 5.54 Å². The summed E-state index contributed by atoms with van der Waals surface area (Å²) in [6.07, 6.45) is 2.20. The standard InChI is InChI=1S/C14H21NO2S/c1-10-5-8-13(12(9-10)11-6-7-11)18(16,17)15-14(2,3)4/h5,8-9,11,15H,6-7H2,1-4H3. The first-order chi connectivity index (χ1) is 8.19. The summed E-state index contributed by atoms with van der Waals surface area (Å²) in [6, 6.07) is 5.61. The van der Waals surface area contributed by atoms with Crippen LogP contribution >= 0.6 is 0 Å². The lowest BCUT2D eigenvalue weighted by atomic mass is 10.1. The first-order valence-electron chi connectivity index (χ1n) is 6.33. The molecule has 18 heavy (non-hydrogen) atoms. The molecule has 0 atom stereocenters. The zero-order chi connectivity index (χ0) is 13.6. The van der Waals surface area contributed by atoms with Crippen molar-refractivity contribution >= 4 is 10.0 Å². The molecular formula is C14H21NO2S. The number of hydrogen-bond donors (Lipinski definition) is 1. The van der Waals surface area contributed by atoms with Crippen molar-refractivity contribution in [2.24, 2.45) is 0 Å². The zero-order valence-electron chi connectivity index (χ0n) is 11.4. The molecule has 3 nitrogen and oxygen atoms in total. The fraction of sp³-hybridized carbons (Fsp3) is 0.571. The molecule has 1 aliphatic rings. The molecule has 0 amide bonds. The summed E-state index contributed by atoms with van der Waals surface area (Å²) < 4.78 is 27.5. The normalized spacial score (nSPS) is 16.9. The highest BCUT2D eigenvalue weighted by atomic mass is 32.2. The molecule has 1 aliphatic carbocycles. The van der Waals surface area contributed by atoms with Crippen LogP contribution in [-0.4, -0.2) is 14.0 Å². The number of hydrogen-bond acceptors (Lipinski definition) is 2. The maximum atomic E-state index is 12.4. The van der Waals surface area contributed by atoms with E-state index in [4.69, 9.17) is 0 Å². The van der Waals surface area contributed by atoms with Crippen LogP contribution in [0.15, 0.2) is 23.1 Å². The maximum absolute atomic E-state index is 12.4. The van der Waals surface area contributed by atoms with Crippen LogP contribution in [-0.2, 0) is 10.0 Å². The monoisotopic (exact) mass is 267 g/mol. The van der Waals surface area contributed by atoms with E-state index in [1.54, 1.807) is 6.07 Å². The molecule has 4 heteroatoms. The van der Waals surface area contributed by atoms with Gasteiger partial charge in [0.05, 0.1) is 4.90 Å². The van der Waals surface area contributed by atoms with E-state index < -0.39 is 15.6 Å². The Morgan fingerprint density at radius 2 is 1.83 bits per heavy atom. The number of nitrogens with one attached hydrogen (secondary N) is 1. The van der Waals surface area contributed by atoms with Gasteiger partial charge >= 0.3 is 0 Å². The van der Waals surface area contributed by atoms with Gasteiger partial charge in [-0.2, -0.15) is 0 Å². The maximum Gasteiger partial charge on any atom is 0.241 e. The molecule has 1 aromatic carbocycles. The Morgan fingerprint density at radius 1 is 1.22 bits per heavy atom. The first kappa shape index (κ1) is 13.6. The zero-order valence-corrected chi connectivity index (χ0v) is 12.3. The van der Waals surface area contributed by atoms with Crippen molar-refractivity contribution < 1.29 is 8.42 Å². The molecule has 1 saturated carbocycles. The SMILES string of the molecule is Cc1ccc(S(=O)(=O)NC(C)(C)C)c(C2CC2)c1. The van der Waals surface area contributed by atoms with Gasteiger partial charge < -0.3 is 0 Å². The van der Waals surface area contributed by atoms with Gasteiger partial charge in [-0.25, -0.2) is 13.1 Å². The highest BCUT2D eigenvalue weighted by Gasteiger charge is 2.31. The Morgan fingerprint density at radius 3 is 2.33 bits per heavy atom. The average Bonchev–Trinajstić information content (AvgIpc) is 2.95. The van der Waals surface area contributed by atoms with Crippen LogP contribution in [0.1, 0.15) is 50.7 Å². The van der Waals surface area contributed by atoms with Crippen molar-refractivity contribution in [2.45, 2.75) is 56.9 Å².